The van der Waals surface area contributed by atoms with Gasteiger partial charge in [-0.1, -0.05) is 41.2 Å². The molecule has 50 heavy (non-hydrogen) atoms. The number of hydrogen-bond donors (Lipinski definition) is 4. The Morgan fingerprint density at radius 1 is 1.10 bits per heavy atom. The van der Waals surface area contributed by atoms with Gasteiger partial charge >= 0.3 is 5.97 Å². The molecule has 0 aromatic carbocycles. The Kier molecular flexibility index (Phi) is 12.5. The van der Waals surface area contributed by atoms with Crippen molar-refractivity contribution < 1.29 is 58.5 Å². The third kappa shape index (κ3) is 7.36. The minimum absolute atomic E-state index is 0.0243. The van der Waals surface area contributed by atoms with Crippen LogP contribution in [0.2, 0.25) is 0 Å². The summed E-state index contributed by atoms with van der Waals surface area (Å²) >= 11 is 0. The number of carbonyl (C=O) groups is 3. The van der Waals surface area contributed by atoms with Gasteiger partial charge in [0.2, 0.25) is 0 Å². The standard InChI is InChI=1S/C38H60O12/c1-11-25(31(40)21(5)33-20(4)17-19(3)27(49-33)18-26(39)30-32(41)22(6)47-35(30)43)34(42)36(9,44)28-13-15-37(12-2,50-28)29-14-16-38(45,23(7)46-10)24(8)48-29/h19-21,23-25,27-29,31,33,40-41,44-45H,6,11-18H2,1-5,7-10H3/t19-,20-,21?,23?,24+,25?,27-,28-,29-,31?,33?,36?,37-,38?/m0/s1. The van der Waals surface area contributed by atoms with E-state index in [-0.39, 0.29) is 36.5 Å². The molecule has 12 heteroatoms. The number of ketones is 2. The van der Waals surface area contributed by atoms with E-state index in [4.69, 9.17) is 23.7 Å². The van der Waals surface area contributed by atoms with Crippen LogP contribution in [-0.2, 0) is 38.1 Å². The van der Waals surface area contributed by atoms with Crippen LogP contribution >= 0.6 is 0 Å². The summed E-state index contributed by atoms with van der Waals surface area (Å²) in [5.41, 5.74) is -4.24. The highest BCUT2D eigenvalue weighted by Crippen LogP contribution is 2.47. The number of cyclic esters (lactones) is 1. The normalized spacial score (nSPS) is 38.7. The molecule has 0 amide bonds. The van der Waals surface area contributed by atoms with Crippen molar-refractivity contribution in [1.29, 1.82) is 0 Å². The number of methoxy groups -OCH3 is 1. The van der Waals surface area contributed by atoms with Gasteiger partial charge in [0.1, 0.15) is 16.8 Å². The van der Waals surface area contributed by atoms with Gasteiger partial charge < -0.3 is 44.1 Å². The summed E-state index contributed by atoms with van der Waals surface area (Å²) < 4.78 is 29.7. The fourth-order valence-electron chi connectivity index (χ4n) is 8.91. The first-order valence-electron chi connectivity index (χ1n) is 18.4. The van der Waals surface area contributed by atoms with Gasteiger partial charge in [0.15, 0.2) is 23.1 Å². The number of hydrogen-bond acceptors (Lipinski definition) is 12. The van der Waals surface area contributed by atoms with E-state index in [2.05, 4.69) is 6.58 Å². The number of aliphatic hydroxyl groups excluding tert-OH is 2. The van der Waals surface area contributed by atoms with Crippen LogP contribution in [0.4, 0.5) is 0 Å². The average molecular weight is 709 g/mol. The Bertz CT molecular complexity index is 1320. The predicted molar refractivity (Wildman–Crippen MR) is 183 cm³/mol. The summed E-state index contributed by atoms with van der Waals surface area (Å²) in [6.07, 6.45) is -1.08. The zero-order valence-corrected chi connectivity index (χ0v) is 31.3. The molecule has 0 aromatic rings. The highest BCUT2D eigenvalue weighted by molar-refractivity contribution is 6.20. The number of Topliss-reactive ketones (excluding diaryl/α,β-unsaturated/α-hetero) is 2. The van der Waals surface area contributed by atoms with Crippen molar-refractivity contribution in [2.24, 2.45) is 23.7 Å². The van der Waals surface area contributed by atoms with Crippen LogP contribution in [0.5, 0.6) is 0 Å². The van der Waals surface area contributed by atoms with Crippen molar-refractivity contribution in [3.63, 3.8) is 0 Å². The lowest BCUT2D eigenvalue weighted by Crippen LogP contribution is -2.60. The average Bonchev–Trinajstić information content (AvgIpc) is 3.63. The molecule has 4 rings (SSSR count). The van der Waals surface area contributed by atoms with Crippen molar-refractivity contribution in [2.45, 2.75) is 166 Å². The van der Waals surface area contributed by atoms with E-state index in [1.807, 2.05) is 34.6 Å². The highest BCUT2D eigenvalue weighted by Gasteiger charge is 2.57. The van der Waals surface area contributed by atoms with Crippen LogP contribution < -0.4 is 0 Å². The smallest absolute Gasteiger partial charge is 0.351 e. The molecule has 4 N–H and O–H groups in total. The maximum absolute atomic E-state index is 14.2. The van der Waals surface area contributed by atoms with Crippen LogP contribution in [0.15, 0.2) is 23.7 Å². The monoisotopic (exact) mass is 708 g/mol. The number of carbonyl (C=O) groups excluding carboxylic acids is 3. The molecule has 4 aliphatic rings. The molecule has 0 bridgehead atoms. The first-order chi connectivity index (χ1) is 23.3. The number of ether oxygens (including phenoxy) is 5. The van der Waals surface area contributed by atoms with Crippen molar-refractivity contribution in [2.75, 3.05) is 7.11 Å². The van der Waals surface area contributed by atoms with Gasteiger partial charge in [-0.2, -0.15) is 0 Å². The van der Waals surface area contributed by atoms with Gasteiger partial charge in [0.25, 0.3) is 0 Å². The Morgan fingerprint density at radius 3 is 2.30 bits per heavy atom. The van der Waals surface area contributed by atoms with E-state index in [1.165, 1.54) is 6.92 Å². The second kappa shape index (κ2) is 15.4. The summed E-state index contributed by atoms with van der Waals surface area (Å²) in [6.45, 7) is 18.1. The first kappa shape index (κ1) is 40.6. The lowest BCUT2D eigenvalue weighted by atomic mass is 9.73. The van der Waals surface area contributed by atoms with Crippen LogP contribution in [0, 0.1) is 23.7 Å². The number of rotatable bonds is 14. The Balaban J connectivity index is 1.45. The van der Waals surface area contributed by atoms with E-state index in [1.54, 1.807) is 21.0 Å². The van der Waals surface area contributed by atoms with Crippen LogP contribution in [0.1, 0.15) is 107 Å². The van der Waals surface area contributed by atoms with E-state index in [0.717, 1.165) is 0 Å². The SMILES string of the molecule is C=C1OC(=O)C(C(=O)C[C@@H]2OC(C(C)C(O)C(CC)C(=O)C(C)(O)[C@@H]3CC[C@@](CC)([C@@H]4CCC(O)(C(C)OC)[C@@H](C)O4)O3)[C@@H](C)C[C@@H]2C)=C1O. The quantitative estimate of drug-likeness (QED) is 0.149. The molecule has 4 heterocycles. The summed E-state index contributed by atoms with van der Waals surface area (Å²) in [4.78, 5) is 39.4. The van der Waals surface area contributed by atoms with E-state index < -0.39 is 94.1 Å². The molecular weight excluding hydrogens is 648 g/mol. The predicted octanol–water partition coefficient (Wildman–Crippen LogP) is 4.26. The third-order valence-electron chi connectivity index (χ3n) is 12.6. The maximum Gasteiger partial charge on any atom is 0.351 e. The minimum atomic E-state index is -1.90. The molecule has 284 valence electrons. The second-order valence-electron chi connectivity index (χ2n) is 15.6. The van der Waals surface area contributed by atoms with Gasteiger partial charge in [-0.3, -0.25) is 9.59 Å². The molecule has 3 fully saturated rings. The molecule has 0 spiro atoms. The largest absolute Gasteiger partial charge is 0.504 e. The van der Waals surface area contributed by atoms with Crippen LogP contribution in [0.25, 0.3) is 0 Å². The van der Waals surface area contributed by atoms with Gasteiger partial charge in [0, 0.05) is 25.4 Å². The molecule has 0 aliphatic carbocycles. The summed E-state index contributed by atoms with van der Waals surface area (Å²) in [6, 6.07) is 0. The molecule has 3 saturated heterocycles. The molecular formula is C38H60O12. The second-order valence-corrected chi connectivity index (χ2v) is 15.6. The first-order valence-corrected chi connectivity index (χ1v) is 18.4. The fourth-order valence-corrected chi connectivity index (χ4v) is 8.91. The van der Waals surface area contributed by atoms with E-state index in [9.17, 15) is 34.8 Å². The topological polar surface area (TPSA) is 178 Å². The van der Waals surface area contributed by atoms with Gasteiger partial charge in [-0.05, 0) is 77.6 Å². The minimum Gasteiger partial charge on any atom is -0.504 e. The van der Waals surface area contributed by atoms with Crippen molar-refractivity contribution in [3.8, 4) is 0 Å². The van der Waals surface area contributed by atoms with Crippen LogP contribution in [0.3, 0.4) is 0 Å². The fraction of sp³-hybridized carbons (Fsp3) is 0.816. The number of esters is 1. The lowest BCUT2D eigenvalue weighted by molar-refractivity contribution is -0.255. The Morgan fingerprint density at radius 2 is 1.76 bits per heavy atom. The molecule has 0 saturated carbocycles. The summed E-state index contributed by atoms with van der Waals surface area (Å²) in [7, 11) is 1.56. The summed E-state index contributed by atoms with van der Waals surface area (Å²) in [5, 5.41) is 45.0. The Labute approximate surface area is 296 Å². The van der Waals surface area contributed by atoms with Gasteiger partial charge in [-0.15, -0.1) is 0 Å². The van der Waals surface area contributed by atoms with E-state index >= 15 is 0 Å². The molecule has 7 unspecified atom stereocenters. The van der Waals surface area contributed by atoms with Crippen molar-refractivity contribution in [1.82, 2.24) is 0 Å². The zero-order valence-electron chi connectivity index (χ0n) is 31.3. The highest BCUT2D eigenvalue weighted by atomic mass is 16.6. The number of aliphatic hydroxyl groups is 4. The van der Waals surface area contributed by atoms with Crippen molar-refractivity contribution in [3.05, 3.63) is 23.7 Å². The molecule has 0 radical (unpaired) electrons. The van der Waals surface area contributed by atoms with Gasteiger partial charge in [0.05, 0.1) is 48.3 Å². The Hall–Kier alpha value is -2.19. The molecule has 14 atom stereocenters. The molecule has 4 aliphatic heterocycles. The molecule has 12 nitrogen and oxygen atoms in total. The van der Waals surface area contributed by atoms with Crippen LogP contribution in [-0.4, -0.2) is 105 Å². The maximum atomic E-state index is 14.2. The molecule has 0 aromatic heterocycles. The third-order valence-corrected chi connectivity index (χ3v) is 12.6. The lowest BCUT2D eigenvalue weighted by Gasteiger charge is -2.49. The zero-order chi connectivity index (χ0) is 37.5. The van der Waals surface area contributed by atoms with Crippen molar-refractivity contribution >= 4 is 17.5 Å². The van der Waals surface area contributed by atoms with E-state index in [0.29, 0.717) is 38.5 Å². The summed E-state index contributed by atoms with van der Waals surface area (Å²) in [5.74, 6) is -4.47. The van der Waals surface area contributed by atoms with Gasteiger partial charge in [-0.25, -0.2) is 4.79 Å².